The summed E-state index contributed by atoms with van der Waals surface area (Å²) in [7, 11) is 1.75. The fourth-order valence-electron chi connectivity index (χ4n) is 3.78. The van der Waals surface area contributed by atoms with Crippen molar-refractivity contribution >= 4 is 41.5 Å². The molecule has 2 fully saturated rings. The Balaban J connectivity index is 0.00000243. The van der Waals surface area contributed by atoms with E-state index in [4.69, 9.17) is 11.6 Å². The number of rotatable bonds is 5. The summed E-state index contributed by atoms with van der Waals surface area (Å²) >= 11 is 6.22. The minimum Gasteiger partial charge on any atom is -0.334 e. The highest BCUT2D eigenvalue weighted by molar-refractivity contribution is 6.34. The Bertz CT molecular complexity index is 635. The van der Waals surface area contributed by atoms with Gasteiger partial charge in [-0.1, -0.05) is 23.7 Å². The number of hydrogen-bond acceptors (Lipinski definition) is 3. The van der Waals surface area contributed by atoms with Crippen LogP contribution in [0.3, 0.4) is 0 Å². The number of nitrogens with zero attached hydrogens (tertiary/aromatic N) is 2. The Morgan fingerprint density at radius 3 is 2.65 bits per heavy atom. The maximum Gasteiger partial charge on any atom is 0.249 e. The van der Waals surface area contributed by atoms with Gasteiger partial charge in [0.25, 0.3) is 0 Å². The highest BCUT2D eigenvalue weighted by atomic mass is 35.5. The van der Waals surface area contributed by atoms with E-state index in [-0.39, 0.29) is 30.3 Å². The maximum absolute atomic E-state index is 12.8. The normalized spacial score (nSPS) is 20.8. The third-order valence-electron chi connectivity index (χ3n) is 5.41. The number of carbonyl (C=O) groups excluding carboxylic acids is 2. The molecule has 2 heterocycles. The number of halogens is 2. The van der Waals surface area contributed by atoms with Crippen molar-refractivity contribution in [1.29, 1.82) is 0 Å². The number of amides is 2. The molecule has 7 heteroatoms. The summed E-state index contributed by atoms with van der Waals surface area (Å²) in [6.45, 7) is 2.68. The fraction of sp³-hybridized carbons (Fsp3) is 0.579. The predicted molar refractivity (Wildman–Crippen MR) is 107 cm³/mol. The zero-order valence-electron chi connectivity index (χ0n) is 15.1. The van der Waals surface area contributed by atoms with Crippen LogP contribution in [0.1, 0.15) is 32.1 Å². The van der Waals surface area contributed by atoms with Crippen LogP contribution in [0, 0.1) is 5.92 Å². The standard InChI is InChI=1S/C19H26ClN3O2.ClH/c1-22(18(24)7-6-14-8-11-21-12-9-14)17-10-13-23(19(17)25)16-5-3-2-4-15(16)20;/h2-5,14,17,21H,6-13H2,1H3;1H. The first-order valence-electron chi connectivity index (χ1n) is 9.10. The Hall–Kier alpha value is -1.30. The van der Waals surface area contributed by atoms with Gasteiger partial charge in [0.2, 0.25) is 11.8 Å². The zero-order chi connectivity index (χ0) is 17.8. The molecule has 5 nitrogen and oxygen atoms in total. The second-order valence-corrected chi connectivity index (χ2v) is 7.39. The van der Waals surface area contributed by atoms with Crippen molar-refractivity contribution in [2.45, 2.75) is 38.1 Å². The quantitative estimate of drug-likeness (QED) is 0.827. The molecule has 26 heavy (non-hydrogen) atoms. The minimum absolute atomic E-state index is 0. The van der Waals surface area contributed by atoms with Crippen LogP contribution >= 0.6 is 24.0 Å². The molecule has 0 spiro atoms. The third-order valence-corrected chi connectivity index (χ3v) is 5.73. The van der Waals surface area contributed by atoms with E-state index in [1.807, 2.05) is 18.2 Å². The molecule has 2 aliphatic rings. The lowest BCUT2D eigenvalue weighted by Crippen LogP contribution is -2.43. The van der Waals surface area contributed by atoms with Gasteiger partial charge in [-0.05, 0) is 56.8 Å². The summed E-state index contributed by atoms with van der Waals surface area (Å²) in [5.74, 6) is 0.654. The van der Waals surface area contributed by atoms with Crippen molar-refractivity contribution < 1.29 is 9.59 Å². The third kappa shape index (κ3) is 4.70. The summed E-state index contributed by atoms with van der Waals surface area (Å²) in [5, 5.41) is 3.91. The molecular weight excluding hydrogens is 373 g/mol. The Labute approximate surface area is 166 Å². The van der Waals surface area contributed by atoms with E-state index in [9.17, 15) is 9.59 Å². The molecular formula is C19H27Cl2N3O2. The van der Waals surface area contributed by atoms with Crippen LogP contribution in [0.25, 0.3) is 0 Å². The van der Waals surface area contributed by atoms with Crippen LogP contribution < -0.4 is 10.2 Å². The highest BCUT2D eigenvalue weighted by Crippen LogP contribution is 2.30. The topological polar surface area (TPSA) is 52.7 Å². The molecule has 2 amide bonds. The van der Waals surface area contributed by atoms with Gasteiger partial charge >= 0.3 is 0 Å². The summed E-state index contributed by atoms with van der Waals surface area (Å²) in [5.41, 5.74) is 0.729. The molecule has 0 aromatic heterocycles. The number of anilines is 1. The van der Waals surface area contributed by atoms with Gasteiger partial charge in [0.15, 0.2) is 0 Å². The molecule has 0 saturated carbocycles. The van der Waals surface area contributed by atoms with Gasteiger partial charge in [0.1, 0.15) is 6.04 Å². The van der Waals surface area contributed by atoms with E-state index in [0.29, 0.717) is 30.3 Å². The molecule has 0 aliphatic carbocycles. The zero-order valence-corrected chi connectivity index (χ0v) is 16.7. The fourth-order valence-corrected chi connectivity index (χ4v) is 4.02. The van der Waals surface area contributed by atoms with Crippen molar-refractivity contribution in [3.63, 3.8) is 0 Å². The van der Waals surface area contributed by atoms with Crippen molar-refractivity contribution in [3.05, 3.63) is 29.3 Å². The number of nitrogens with one attached hydrogen (secondary N) is 1. The second kappa shape index (κ2) is 9.58. The van der Waals surface area contributed by atoms with Crippen LogP contribution in [0.2, 0.25) is 5.02 Å². The van der Waals surface area contributed by atoms with Crippen LogP contribution in [-0.4, -0.2) is 49.4 Å². The van der Waals surface area contributed by atoms with Crippen LogP contribution in [0.4, 0.5) is 5.69 Å². The molecule has 1 unspecified atom stereocenters. The van der Waals surface area contributed by atoms with Crippen molar-refractivity contribution in [1.82, 2.24) is 10.2 Å². The van der Waals surface area contributed by atoms with Crippen molar-refractivity contribution in [3.8, 4) is 0 Å². The maximum atomic E-state index is 12.8. The molecule has 1 aromatic rings. The predicted octanol–water partition coefficient (Wildman–Crippen LogP) is 3.11. The van der Waals surface area contributed by atoms with E-state index < -0.39 is 0 Å². The van der Waals surface area contributed by atoms with E-state index in [0.717, 1.165) is 38.0 Å². The number of para-hydroxylation sites is 1. The molecule has 1 aromatic carbocycles. The lowest BCUT2D eigenvalue weighted by atomic mass is 9.93. The van der Waals surface area contributed by atoms with E-state index in [1.165, 1.54) is 0 Å². The first kappa shape index (κ1) is 21.0. The van der Waals surface area contributed by atoms with Gasteiger partial charge in [-0.3, -0.25) is 9.59 Å². The average Bonchev–Trinajstić information content (AvgIpc) is 3.01. The van der Waals surface area contributed by atoms with E-state index in [2.05, 4.69) is 5.32 Å². The van der Waals surface area contributed by atoms with Gasteiger partial charge in [-0.2, -0.15) is 0 Å². The Morgan fingerprint density at radius 2 is 1.96 bits per heavy atom. The van der Waals surface area contributed by atoms with Gasteiger partial charge in [0.05, 0.1) is 10.7 Å². The number of piperidine rings is 1. The van der Waals surface area contributed by atoms with Crippen LogP contribution in [0.5, 0.6) is 0 Å². The van der Waals surface area contributed by atoms with Gasteiger partial charge in [-0.25, -0.2) is 0 Å². The Morgan fingerprint density at radius 1 is 1.27 bits per heavy atom. The van der Waals surface area contributed by atoms with Crippen LogP contribution in [-0.2, 0) is 9.59 Å². The molecule has 3 rings (SSSR count). The molecule has 1 atom stereocenters. The second-order valence-electron chi connectivity index (χ2n) is 6.98. The smallest absolute Gasteiger partial charge is 0.249 e. The molecule has 2 saturated heterocycles. The first-order chi connectivity index (χ1) is 12.1. The molecule has 0 radical (unpaired) electrons. The number of likely N-dealkylation sites (N-methyl/N-ethyl adjacent to an activating group) is 1. The highest BCUT2D eigenvalue weighted by Gasteiger charge is 2.37. The minimum atomic E-state index is -0.378. The number of hydrogen-bond donors (Lipinski definition) is 1. The Kier molecular flexibility index (Phi) is 7.74. The monoisotopic (exact) mass is 399 g/mol. The first-order valence-corrected chi connectivity index (χ1v) is 9.48. The van der Waals surface area contributed by atoms with Gasteiger partial charge < -0.3 is 15.1 Å². The van der Waals surface area contributed by atoms with Gasteiger partial charge in [-0.15, -0.1) is 12.4 Å². The van der Waals surface area contributed by atoms with Crippen LogP contribution in [0.15, 0.2) is 24.3 Å². The molecule has 0 bridgehead atoms. The van der Waals surface area contributed by atoms with E-state index in [1.54, 1.807) is 22.9 Å². The lowest BCUT2D eigenvalue weighted by Gasteiger charge is -2.26. The molecule has 1 N–H and O–H groups in total. The lowest BCUT2D eigenvalue weighted by molar-refractivity contribution is -0.137. The molecule has 144 valence electrons. The molecule has 2 aliphatic heterocycles. The largest absolute Gasteiger partial charge is 0.334 e. The summed E-state index contributed by atoms with van der Waals surface area (Å²) < 4.78 is 0. The SMILES string of the molecule is CN(C(=O)CCC1CCNCC1)C1CCN(c2ccccc2Cl)C1=O.Cl. The number of benzene rings is 1. The summed E-state index contributed by atoms with van der Waals surface area (Å²) in [4.78, 5) is 28.7. The van der Waals surface area contributed by atoms with E-state index >= 15 is 0 Å². The summed E-state index contributed by atoms with van der Waals surface area (Å²) in [6, 6.07) is 6.97. The average molecular weight is 400 g/mol. The van der Waals surface area contributed by atoms with Crippen molar-refractivity contribution in [2.24, 2.45) is 5.92 Å². The van der Waals surface area contributed by atoms with Crippen molar-refractivity contribution in [2.75, 3.05) is 31.6 Å². The van der Waals surface area contributed by atoms with Gasteiger partial charge in [0, 0.05) is 20.0 Å². The number of carbonyl (C=O) groups is 2. The summed E-state index contributed by atoms with van der Waals surface area (Å²) in [6.07, 6.45) is 4.37.